The average molecular weight is 269 g/mol. The quantitative estimate of drug-likeness (QED) is 0.778. The second kappa shape index (κ2) is 4.23. The number of benzene rings is 1. The van der Waals surface area contributed by atoms with Crippen molar-refractivity contribution >= 4 is 16.9 Å². The summed E-state index contributed by atoms with van der Waals surface area (Å²) in [6.07, 6.45) is 0. The van der Waals surface area contributed by atoms with Gasteiger partial charge in [-0.2, -0.15) is 5.10 Å². The molecule has 2 heterocycles. The Hall–Kier alpha value is -2.56. The third-order valence-electron chi connectivity index (χ3n) is 3.62. The van der Waals surface area contributed by atoms with Crippen molar-refractivity contribution in [3.63, 3.8) is 0 Å². The molecule has 1 N–H and O–H groups in total. The first-order chi connectivity index (χ1) is 9.49. The van der Waals surface area contributed by atoms with Crippen LogP contribution in [0.15, 0.2) is 30.3 Å². The molecular weight excluding hydrogens is 254 g/mol. The van der Waals surface area contributed by atoms with E-state index in [0.717, 1.165) is 16.6 Å². The Kier molecular flexibility index (Phi) is 2.64. The zero-order valence-electron chi connectivity index (χ0n) is 11.6. The molecule has 20 heavy (non-hydrogen) atoms. The highest BCUT2D eigenvalue weighted by molar-refractivity contribution is 5.90. The number of rotatable bonds is 2. The molecule has 3 rings (SSSR count). The third-order valence-corrected chi connectivity index (χ3v) is 3.62. The molecule has 5 nitrogen and oxygen atoms in total. The fourth-order valence-corrected chi connectivity index (χ4v) is 2.66. The predicted octanol–water partition coefficient (Wildman–Crippen LogP) is 2.59. The van der Waals surface area contributed by atoms with Crippen molar-refractivity contribution < 1.29 is 9.90 Å². The molecule has 0 aliphatic rings. The lowest BCUT2D eigenvalue weighted by molar-refractivity contribution is 0.0685. The summed E-state index contributed by atoms with van der Waals surface area (Å²) in [7, 11) is 3.61. The molecule has 0 unspecified atom stereocenters. The summed E-state index contributed by atoms with van der Waals surface area (Å²) in [5.74, 6) is -0.971. The molecule has 3 aromatic rings. The van der Waals surface area contributed by atoms with Crippen molar-refractivity contribution in [3.05, 3.63) is 41.6 Å². The highest BCUT2D eigenvalue weighted by Crippen LogP contribution is 2.28. The summed E-state index contributed by atoms with van der Waals surface area (Å²) in [5.41, 5.74) is 4.10. The Labute approximate surface area is 116 Å². The standard InChI is InChI=1S/C15H15N3O2/c1-9-5-4-6-10-7-12(17(2)14(9)10)11-8-13(15(19)20)18(3)16-11/h4-8H,1-3H3,(H,19,20). The minimum Gasteiger partial charge on any atom is -0.477 e. The monoisotopic (exact) mass is 269 g/mol. The molecule has 0 aliphatic carbocycles. The lowest BCUT2D eigenvalue weighted by Crippen LogP contribution is -2.04. The van der Waals surface area contributed by atoms with Crippen LogP contribution in [-0.2, 0) is 14.1 Å². The molecule has 1 aromatic carbocycles. The number of aromatic nitrogens is 3. The van der Waals surface area contributed by atoms with Crippen molar-refractivity contribution in [1.29, 1.82) is 0 Å². The summed E-state index contributed by atoms with van der Waals surface area (Å²) in [5, 5.41) is 14.5. The van der Waals surface area contributed by atoms with Gasteiger partial charge in [-0.15, -0.1) is 0 Å². The van der Waals surface area contributed by atoms with Crippen LogP contribution in [0.1, 0.15) is 16.1 Å². The van der Waals surface area contributed by atoms with E-state index in [-0.39, 0.29) is 5.69 Å². The number of aromatic carboxylic acids is 1. The van der Waals surface area contributed by atoms with Crippen LogP contribution in [0.25, 0.3) is 22.3 Å². The van der Waals surface area contributed by atoms with Gasteiger partial charge < -0.3 is 9.67 Å². The van der Waals surface area contributed by atoms with E-state index in [2.05, 4.69) is 22.7 Å². The molecule has 0 spiro atoms. The van der Waals surface area contributed by atoms with E-state index < -0.39 is 5.97 Å². The second-order valence-corrected chi connectivity index (χ2v) is 4.94. The van der Waals surface area contributed by atoms with Gasteiger partial charge in [-0.3, -0.25) is 4.68 Å². The maximum atomic E-state index is 11.1. The zero-order valence-corrected chi connectivity index (χ0v) is 11.6. The van der Waals surface area contributed by atoms with E-state index in [4.69, 9.17) is 5.11 Å². The topological polar surface area (TPSA) is 60.0 Å². The third kappa shape index (κ3) is 1.71. The van der Waals surface area contributed by atoms with Gasteiger partial charge in [0.05, 0.1) is 11.2 Å². The number of nitrogens with zero attached hydrogens (tertiary/aromatic N) is 3. The van der Waals surface area contributed by atoms with Crippen LogP contribution < -0.4 is 0 Å². The van der Waals surface area contributed by atoms with E-state index >= 15 is 0 Å². The summed E-state index contributed by atoms with van der Waals surface area (Å²) in [6, 6.07) is 9.77. The summed E-state index contributed by atoms with van der Waals surface area (Å²) < 4.78 is 3.45. The van der Waals surface area contributed by atoms with Gasteiger partial charge in [0, 0.05) is 25.5 Å². The van der Waals surface area contributed by atoms with E-state index in [1.165, 1.54) is 10.2 Å². The lowest BCUT2D eigenvalue weighted by atomic mass is 10.2. The van der Waals surface area contributed by atoms with Gasteiger partial charge in [0.1, 0.15) is 11.4 Å². The molecular formula is C15H15N3O2. The SMILES string of the molecule is Cc1cccc2cc(-c3cc(C(=O)O)n(C)n3)n(C)c12. The minimum atomic E-state index is -0.971. The van der Waals surface area contributed by atoms with E-state index in [9.17, 15) is 4.79 Å². The van der Waals surface area contributed by atoms with Crippen LogP contribution in [0.3, 0.4) is 0 Å². The summed E-state index contributed by atoms with van der Waals surface area (Å²) in [6.45, 7) is 2.06. The van der Waals surface area contributed by atoms with Crippen LogP contribution in [-0.4, -0.2) is 25.4 Å². The summed E-state index contributed by atoms with van der Waals surface area (Å²) in [4.78, 5) is 11.1. The molecule has 0 saturated heterocycles. The Balaban J connectivity index is 2.25. The highest BCUT2D eigenvalue weighted by Gasteiger charge is 2.16. The van der Waals surface area contributed by atoms with E-state index in [1.807, 2.05) is 25.2 Å². The molecule has 0 bridgehead atoms. The Morgan fingerprint density at radius 1 is 1.25 bits per heavy atom. The van der Waals surface area contributed by atoms with Gasteiger partial charge in [0.2, 0.25) is 0 Å². The number of carboxylic acid groups (broad SMARTS) is 1. The van der Waals surface area contributed by atoms with Crippen molar-refractivity contribution in [3.8, 4) is 11.4 Å². The first-order valence-electron chi connectivity index (χ1n) is 6.32. The fourth-order valence-electron chi connectivity index (χ4n) is 2.66. The van der Waals surface area contributed by atoms with Gasteiger partial charge in [0.25, 0.3) is 0 Å². The number of para-hydroxylation sites is 1. The molecule has 0 saturated carbocycles. The van der Waals surface area contributed by atoms with Crippen molar-refractivity contribution in [1.82, 2.24) is 14.3 Å². The first kappa shape index (κ1) is 12.5. The normalized spacial score (nSPS) is 11.2. The maximum absolute atomic E-state index is 11.1. The van der Waals surface area contributed by atoms with Crippen LogP contribution >= 0.6 is 0 Å². The van der Waals surface area contributed by atoms with Gasteiger partial charge in [-0.05, 0) is 18.6 Å². The second-order valence-electron chi connectivity index (χ2n) is 4.94. The number of fused-ring (bicyclic) bond motifs is 1. The predicted molar refractivity (Wildman–Crippen MR) is 76.8 cm³/mol. The Morgan fingerprint density at radius 2 is 2.00 bits per heavy atom. The average Bonchev–Trinajstić information content (AvgIpc) is 2.91. The van der Waals surface area contributed by atoms with Crippen LogP contribution in [0.2, 0.25) is 0 Å². The number of hydrogen-bond acceptors (Lipinski definition) is 2. The van der Waals surface area contributed by atoms with Crippen LogP contribution in [0.4, 0.5) is 0 Å². The van der Waals surface area contributed by atoms with E-state index in [1.54, 1.807) is 13.1 Å². The molecule has 0 atom stereocenters. The van der Waals surface area contributed by atoms with Gasteiger partial charge in [-0.1, -0.05) is 18.2 Å². The highest BCUT2D eigenvalue weighted by atomic mass is 16.4. The Bertz CT molecular complexity index is 827. The van der Waals surface area contributed by atoms with Gasteiger partial charge in [0.15, 0.2) is 0 Å². The lowest BCUT2D eigenvalue weighted by Gasteiger charge is -2.03. The molecule has 5 heteroatoms. The first-order valence-corrected chi connectivity index (χ1v) is 6.32. The van der Waals surface area contributed by atoms with Gasteiger partial charge in [-0.25, -0.2) is 4.79 Å². The zero-order chi connectivity index (χ0) is 14.4. The molecule has 0 aliphatic heterocycles. The minimum absolute atomic E-state index is 0.182. The van der Waals surface area contributed by atoms with Crippen LogP contribution in [0.5, 0.6) is 0 Å². The molecule has 2 aromatic heterocycles. The van der Waals surface area contributed by atoms with E-state index in [0.29, 0.717) is 5.69 Å². The number of hydrogen-bond donors (Lipinski definition) is 1. The Morgan fingerprint density at radius 3 is 2.60 bits per heavy atom. The largest absolute Gasteiger partial charge is 0.477 e. The summed E-state index contributed by atoms with van der Waals surface area (Å²) >= 11 is 0. The van der Waals surface area contributed by atoms with Crippen molar-refractivity contribution in [2.24, 2.45) is 14.1 Å². The van der Waals surface area contributed by atoms with Crippen molar-refractivity contribution in [2.75, 3.05) is 0 Å². The molecule has 0 fully saturated rings. The molecule has 0 amide bonds. The number of aryl methyl sites for hydroxylation is 3. The number of carboxylic acids is 1. The maximum Gasteiger partial charge on any atom is 0.354 e. The molecule has 0 radical (unpaired) electrons. The fraction of sp³-hybridized carbons (Fsp3) is 0.200. The molecule has 102 valence electrons. The smallest absolute Gasteiger partial charge is 0.354 e. The number of carbonyl (C=O) groups is 1. The van der Waals surface area contributed by atoms with Gasteiger partial charge >= 0.3 is 5.97 Å². The van der Waals surface area contributed by atoms with Crippen LogP contribution in [0, 0.1) is 6.92 Å². The van der Waals surface area contributed by atoms with Crippen molar-refractivity contribution in [2.45, 2.75) is 6.92 Å².